The average Bonchev–Trinajstić information content (AvgIpc) is 2.92. The zero-order valence-corrected chi connectivity index (χ0v) is 10.5. The molecule has 0 radical (unpaired) electrons. The van der Waals surface area contributed by atoms with Gasteiger partial charge in [-0.3, -0.25) is 4.79 Å². The van der Waals surface area contributed by atoms with Crippen molar-refractivity contribution in [1.82, 2.24) is 4.90 Å². The molecule has 1 heterocycles. The van der Waals surface area contributed by atoms with Gasteiger partial charge in [0.15, 0.2) is 6.61 Å². The fraction of sp³-hybridized carbons (Fsp3) is 0.308. The molecule has 0 saturated carbocycles. The van der Waals surface area contributed by atoms with E-state index in [1.54, 1.807) is 19.2 Å². The quantitative estimate of drug-likeness (QED) is 0.568. The second kappa shape index (κ2) is 7.71. The van der Waals surface area contributed by atoms with Crippen LogP contribution in [0.3, 0.4) is 0 Å². The maximum Gasteiger partial charge on any atom is 0.331 e. The van der Waals surface area contributed by atoms with Crippen LogP contribution in [0.2, 0.25) is 0 Å². The Morgan fingerprint density at radius 3 is 3.00 bits per heavy atom. The molecule has 0 unspecified atom stereocenters. The van der Waals surface area contributed by atoms with Crippen molar-refractivity contribution in [2.24, 2.45) is 0 Å². The average molecular weight is 262 g/mol. The van der Waals surface area contributed by atoms with Gasteiger partial charge < -0.3 is 14.1 Å². The topological polar surface area (TPSA) is 83.5 Å². The van der Waals surface area contributed by atoms with Crippen LogP contribution in [0.25, 0.3) is 6.08 Å². The van der Waals surface area contributed by atoms with Crippen molar-refractivity contribution in [1.29, 1.82) is 5.26 Å². The fourth-order valence-electron chi connectivity index (χ4n) is 1.17. The number of esters is 1. The molecule has 6 nitrogen and oxygen atoms in total. The van der Waals surface area contributed by atoms with E-state index >= 15 is 0 Å². The molecule has 1 aromatic heterocycles. The summed E-state index contributed by atoms with van der Waals surface area (Å²) in [7, 11) is 1.55. The van der Waals surface area contributed by atoms with E-state index < -0.39 is 5.97 Å². The van der Waals surface area contributed by atoms with Gasteiger partial charge in [-0.1, -0.05) is 0 Å². The van der Waals surface area contributed by atoms with Crippen LogP contribution in [0, 0.1) is 11.3 Å². The Morgan fingerprint density at radius 1 is 1.58 bits per heavy atom. The predicted octanol–water partition coefficient (Wildman–Crippen LogP) is 1.21. The van der Waals surface area contributed by atoms with Crippen molar-refractivity contribution >= 4 is 18.0 Å². The monoisotopic (exact) mass is 262 g/mol. The van der Waals surface area contributed by atoms with E-state index in [0.29, 0.717) is 12.3 Å². The molecule has 0 aliphatic heterocycles. The molecule has 1 rings (SSSR count). The van der Waals surface area contributed by atoms with Gasteiger partial charge in [-0.25, -0.2) is 4.79 Å². The van der Waals surface area contributed by atoms with Gasteiger partial charge in [0, 0.05) is 19.7 Å². The van der Waals surface area contributed by atoms with E-state index in [0.717, 1.165) is 0 Å². The third-order valence-corrected chi connectivity index (χ3v) is 2.25. The zero-order valence-electron chi connectivity index (χ0n) is 10.5. The molecule has 0 bridgehead atoms. The molecule has 0 spiro atoms. The maximum absolute atomic E-state index is 11.5. The van der Waals surface area contributed by atoms with Crippen LogP contribution >= 0.6 is 0 Å². The third-order valence-electron chi connectivity index (χ3n) is 2.25. The summed E-state index contributed by atoms with van der Waals surface area (Å²) >= 11 is 0. The number of hydrogen-bond donors (Lipinski definition) is 0. The third kappa shape index (κ3) is 5.55. The molecule has 0 aliphatic carbocycles. The molecule has 0 fully saturated rings. The lowest BCUT2D eigenvalue weighted by Crippen LogP contribution is -2.31. The Bertz CT molecular complexity index is 485. The highest BCUT2D eigenvalue weighted by molar-refractivity contribution is 5.88. The predicted molar refractivity (Wildman–Crippen MR) is 66.6 cm³/mol. The summed E-state index contributed by atoms with van der Waals surface area (Å²) < 4.78 is 9.75. The molecule has 19 heavy (non-hydrogen) atoms. The van der Waals surface area contributed by atoms with Crippen LogP contribution in [0.15, 0.2) is 28.9 Å². The van der Waals surface area contributed by atoms with Gasteiger partial charge in [0.25, 0.3) is 5.91 Å². The smallest absolute Gasteiger partial charge is 0.331 e. The normalized spacial score (nSPS) is 10.1. The van der Waals surface area contributed by atoms with Gasteiger partial charge in [0.05, 0.1) is 18.8 Å². The molecule has 0 atom stereocenters. The summed E-state index contributed by atoms with van der Waals surface area (Å²) in [6.45, 7) is -0.0294. The Morgan fingerprint density at radius 2 is 2.37 bits per heavy atom. The van der Waals surface area contributed by atoms with Gasteiger partial charge in [-0.2, -0.15) is 5.26 Å². The lowest BCUT2D eigenvalue weighted by molar-refractivity contribution is -0.147. The molecule has 0 aromatic carbocycles. The lowest BCUT2D eigenvalue weighted by atomic mass is 10.4. The first-order valence-corrected chi connectivity index (χ1v) is 5.62. The number of likely N-dealkylation sites (N-methyl/N-ethyl adjacent to an activating group) is 1. The fourth-order valence-corrected chi connectivity index (χ4v) is 1.17. The molecule has 0 saturated heterocycles. The van der Waals surface area contributed by atoms with Crippen molar-refractivity contribution in [2.75, 3.05) is 20.2 Å². The molecule has 0 aliphatic rings. The first kappa shape index (κ1) is 14.5. The van der Waals surface area contributed by atoms with E-state index in [-0.39, 0.29) is 18.9 Å². The molecule has 0 N–H and O–H groups in total. The number of hydrogen-bond acceptors (Lipinski definition) is 5. The van der Waals surface area contributed by atoms with E-state index in [4.69, 9.17) is 14.4 Å². The minimum absolute atomic E-state index is 0.245. The summed E-state index contributed by atoms with van der Waals surface area (Å²) in [5, 5.41) is 8.38. The first-order valence-electron chi connectivity index (χ1n) is 5.62. The van der Waals surface area contributed by atoms with Gasteiger partial charge in [-0.15, -0.1) is 0 Å². The Hall–Kier alpha value is -2.55. The van der Waals surface area contributed by atoms with Crippen LogP contribution in [0.1, 0.15) is 12.2 Å². The van der Waals surface area contributed by atoms with Gasteiger partial charge in [0.2, 0.25) is 0 Å². The van der Waals surface area contributed by atoms with Crippen molar-refractivity contribution in [3.63, 3.8) is 0 Å². The highest BCUT2D eigenvalue weighted by atomic mass is 16.5. The first-order chi connectivity index (χ1) is 9.13. The van der Waals surface area contributed by atoms with Crippen LogP contribution in [-0.2, 0) is 14.3 Å². The van der Waals surface area contributed by atoms with Crippen LogP contribution in [0.4, 0.5) is 0 Å². The number of carbonyl (C=O) groups excluding carboxylic acids is 2. The Kier molecular flexibility index (Phi) is 5.89. The summed E-state index contributed by atoms with van der Waals surface area (Å²) in [5.41, 5.74) is 0. The van der Waals surface area contributed by atoms with Gasteiger partial charge >= 0.3 is 5.97 Å². The molecule has 1 amide bonds. The van der Waals surface area contributed by atoms with Crippen molar-refractivity contribution < 1.29 is 18.7 Å². The highest BCUT2D eigenvalue weighted by Crippen LogP contribution is 2.02. The highest BCUT2D eigenvalue weighted by Gasteiger charge is 2.10. The van der Waals surface area contributed by atoms with Crippen LogP contribution < -0.4 is 0 Å². The standard InChI is InChI=1S/C13H14N2O4/c1-15(8-3-7-14)12(16)10-19-13(17)6-5-11-4-2-9-18-11/h2,4-6,9H,3,8,10H2,1H3/b6-5+. The van der Waals surface area contributed by atoms with Crippen molar-refractivity contribution in [2.45, 2.75) is 6.42 Å². The number of ether oxygens (including phenoxy) is 1. The number of carbonyl (C=O) groups is 2. The number of nitrogens with zero attached hydrogens (tertiary/aromatic N) is 2. The summed E-state index contributed by atoms with van der Waals surface area (Å²) in [6.07, 6.45) is 4.36. The van der Waals surface area contributed by atoms with E-state index in [1.165, 1.54) is 23.3 Å². The number of rotatable bonds is 6. The van der Waals surface area contributed by atoms with Crippen LogP contribution in [0.5, 0.6) is 0 Å². The Balaban J connectivity index is 2.30. The summed E-state index contributed by atoms with van der Waals surface area (Å²) in [5.74, 6) is -0.456. The minimum atomic E-state index is -0.626. The van der Waals surface area contributed by atoms with E-state index in [2.05, 4.69) is 0 Å². The van der Waals surface area contributed by atoms with Crippen molar-refractivity contribution in [3.05, 3.63) is 30.2 Å². The second-order valence-electron chi connectivity index (χ2n) is 3.68. The number of furan rings is 1. The van der Waals surface area contributed by atoms with Gasteiger partial charge in [0.1, 0.15) is 5.76 Å². The van der Waals surface area contributed by atoms with E-state index in [9.17, 15) is 9.59 Å². The largest absolute Gasteiger partial charge is 0.465 e. The number of nitriles is 1. The summed E-state index contributed by atoms with van der Waals surface area (Å²) in [4.78, 5) is 24.1. The molecule has 100 valence electrons. The summed E-state index contributed by atoms with van der Waals surface area (Å²) in [6, 6.07) is 5.31. The van der Waals surface area contributed by atoms with Crippen LogP contribution in [-0.4, -0.2) is 37.0 Å². The second-order valence-corrected chi connectivity index (χ2v) is 3.68. The zero-order chi connectivity index (χ0) is 14.1. The van der Waals surface area contributed by atoms with E-state index in [1.807, 2.05) is 6.07 Å². The SMILES string of the molecule is CN(CCC#N)C(=O)COC(=O)/C=C/c1ccco1. The maximum atomic E-state index is 11.5. The lowest BCUT2D eigenvalue weighted by Gasteiger charge is -2.14. The van der Waals surface area contributed by atoms with Crippen molar-refractivity contribution in [3.8, 4) is 6.07 Å². The molecule has 6 heteroatoms. The molecular weight excluding hydrogens is 248 g/mol. The number of amides is 1. The molecular formula is C13H14N2O4. The molecule has 1 aromatic rings. The van der Waals surface area contributed by atoms with Gasteiger partial charge in [-0.05, 0) is 18.2 Å². The minimum Gasteiger partial charge on any atom is -0.465 e. The Labute approximate surface area is 110 Å².